The summed E-state index contributed by atoms with van der Waals surface area (Å²) in [5.41, 5.74) is -0.104. The van der Waals surface area contributed by atoms with Gasteiger partial charge in [0.25, 0.3) is 5.91 Å². The lowest BCUT2D eigenvalue weighted by atomic mass is 10.1. The van der Waals surface area contributed by atoms with Crippen LogP contribution in [0.15, 0.2) is 30.3 Å². The fourth-order valence-electron chi connectivity index (χ4n) is 1.33. The van der Waals surface area contributed by atoms with Crippen LogP contribution in [0, 0.1) is 11.8 Å². The van der Waals surface area contributed by atoms with E-state index in [4.69, 9.17) is 0 Å². The molecule has 1 amide bonds. The Labute approximate surface area is 112 Å². The van der Waals surface area contributed by atoms with Gasteiger partial charge in [0.15, 0.2) is 0 Å². The SMILES string of the molecule is CSCC(C)(O)CNC(=O)C#Cc1ccccc1. The third-order valence-corrected chi connectivity index (χ3v) is 3.09. The number of rotatable bonds is 4. The smallest absolute Gasteiger partial charge is 0.296 e. The highest BCUT2D eigenvalue weighted by Gasteiger charge is 2.19. The molecule has 1 unspecified atom stereocenters. The van der Waals surface area contributed by atoms with E-state index in [-0.39, 0.29) is 12.5 Å². The van der Waals surface area contributed by atoms with Crippen LogP contribution in [0.4, 0.5) is 0 Å². The molecule has 0 heterocycles. The third kappa shape index (κ3) is 5.76. The van der Waals surface area contributed by atoms with Crippen LogP contribution in [-0.2, 0) is 4.79 Å². The number of amides is 1. The first kappa shape index (κ1) is 14.6. The van der Waals surface area contributed by atoms with E-state index in [1.54, 1.807) is 6.92 Å². The Hall–Kier alpha value is -1.44. The number of nitrogens with one attached hydrogen (secondary N) is 1. The standard InChI is InChI=1S/C14H17NO2S/c1-14(17,11-18-2)10-15-13(16)9-8-12-6-4-3-5-7-12/h3-7,17H,10-11H2,1-2H3,(H,15,16). The Morgan fingerprint density at radius 1 is 1.44 bits per heavy atom. The molecule has 0 aliphatic heterocycles. The fraction of sp³-hybridized carbons (Fsp3) is 0.357. The maximum atomic E-state index is 11.5. The van der Waals surface area contributed by atoms with E-state index in [0.29, 0.717) is 5.75 Å². The molecule has 0 saturated carbocycles. The number of aliphatic hydroxyl groups is 1. The monoisotopic (exact) mass is 263 g/mol. The van der Waals surface area contributed by atoms with Gasteiger partial charge in [0.2, 0.25) is 0 Å². The topological polar surface area (TPSA) is 49.3 Å². The molecule has 1 aromatic rings. The van der Waals surface area contributed by atoms with Crippen molar-refractivity contribution in [3.63, 3.8) is 0 Å². The van der Waals surface area contributed by atoms with Gasteiger partial charge in [-0.1, -0.05) is 24.1 Å². The highest BCUT2D eigenvalue weighted by atomic mass is 32.2. The van der Waals surface area contributed by atoms with Crippen molar-refractivity contribution < 1.29 is 9.90 Å². The van der Waals surface area contributed by atoms with Gasteiger partial charge in [-0.2, -0.15) is 11.8 Å². The fourth-order valence-corrected chi connectivity index (χ4v) is 2.05. The molecular weight excluding hydrogens is 246 g/mol. The summed E-state index contributed by atoms with van der Waals surface area (Å²) >= 11 is 1.53. The molecule has 4 heteroatoms. The zero-order valence-corrected chi connectivity index (χ0v) is 11.4. The number of hydrogen-bond donors (Lipinski definition) is 2. The van der Waals surface area contributed by atoms with Crippen molar-refractivity contribution in [3.05, 3.63) is 35.9 Å². The number of benzene rings is 1. The van der Waals surface area contributed by atoms with Crippen LogP contribution < -0.4 is 5.32 Å². The molecular formula is C14H17NO2S. The molecule has 0 saturated heterocycles. The molecule has 1 rings (SSSR count). The van der Waals surface area contributed by atoms with Gasteiger partial charge in [0.1, 0.15) is 0 Å². The summed E-state index contributed by atoms with van der Waals surface area (Å²) in [6.07, 6.45) is 1.91. The maximum absolute atomic E-state index is 11.5. The van der Waals surface area contributed by atoms with Crippen molar-refractivity contribution in [2.75, 3.05) is 18.6 Å². The molecule has 0 aromatic heterocycles. The van der Waals surface area contributed by atoms with Gasteiger partial charge in [0, 0.05) is 23.8 Å². The Balaban J connectivity index is 2.46. The van der Waals surface area contributed by atoms with Gasteiger partial charge in [-0.3, -0.25) is 4.79 Å². The molecule has 18 heavy (non-hydrogen) atoms. The van der Waals surface area contributed by atoms with Crippen molar-refractivity contribution in [2.24, 2.45) is 0 Å². The summed E-state index contributed by atoms with van der Waals surface area (Å²) in [5, 5.41) is 12.5. The van der Waals surface area contributed by atoms with Crippen LogP contribution in [0.5, 0.6) is 0 Å². The van der Waals surface area contributed by atoms with Crippen molar-refractivity contribution in [1.29, 1.82) is 0 Å². The number of hydrogen-bond acceptors (Lipinski definition) is 3. The summed E-state index contributed by atoms with van der Waals surface area (Å²) in [5.74, 6) is 5.45. The minimum atomic E-state index is -0.899. The molecule has 0 bridgehead atoms. The summed E-state index contributed by atoms with van der Waals surface area (Å²) in [6, 6.07) is 9.30. The number of thioether (sulfide) groups is 1. The predicted molar refractivity (Wildman–Crippen MR) is 75.3 cm³/mol. The Morgan fingerprint density at radius 2 is 2.11 bits per heavy atom. The van der Waals surface area contributed by atoms with Crippen LogP contribution in [0.2, 0.25) is 0 Å². The minimum Gasteiger partial charge on any atom is -0.387 e. The highest BCUT2D eigenvalue weighted by Crippen LogP contribution is 2.08. The quantitative estimate of drug-likeness (QED) is 0.804. The third-order valence-electron chi connectivity index (χ3n) is 2.18. The zero-order valence-electron chi connectivity index (χ0n) is 10.6. The first-order chi connectivity index (χ1) is 8.53. The lowest BCUT2D eigenvalue weighted by Crippen LogP contribution is -2.42. The first-order valence-corrected chi connectivity index (χ1v) is 6.99. The molecule has 0 aliphatic carbocycles. The molecule has 3 nitrogen and oxygen atoms in total. The van der Waals surface area contributed by atoms with E-state index >= 15 is 0 Å². The Morgan fingerprint density at radius 3 is 2.72 bits per heavy atom. The van der Waals surface area contributed by atoms with Gasteiger partial charge in [-0.25, -0.2) is 0 Å². The van der Waals surface area contributed by atoms with Crippen LogP contribution in [-0.4, -0.2) is 35.2 Å². The summed E-state index contributed by atoms with van der Waals surface area (Å²) < 4.78 is 0. The number of carbonyl (C=O) groups is 1. The van der Waals surface area contributed by atoms with Gasteiger partial charge < -0.3 is 10.4 Å². The Bertz CT molecular complexity index is 446. The van der Waals surface area contributed by atoms with E-state index in [1.165, 1.54) is 11.8 Å². The van der Waals surface area contributed by atoms with E-state index in [0.717, 1.165) is 5.56 Å². The molecule has 0 fully saturated rings. The van der Waals surface area contributed by atoms with Crippen molar-refractivity contribution in [3.8, 4) is 11.8 Å². The molecule has 96 valence electrons. The lowest BCUT2D eigenvalue weighted by Gasteiger charge is -2.21. The second-order valence-corrected chi connectivity index (χ2v) is 5.09. The predicted octanol–water partition coefficient (Wildman–Crippen LogP) is 1.27. The van der Waals surface area contributed by atoms with Crippen LogP contribution in [0.3, 0.4) is 0 Å². The first-order valence-electron chi connectivity index (χ1n) is 5.60. The van der Waals surface area contributed by atoms with Gasteiger partial charge in [-0.05, 0) is 25.3 Å². The number of carbonyl (C=O) groups excluding carboxylic acids is 1. The highest BCUT2D eigenvalue weighted by molar-refractivity contribution is 7.98. The zero-order chi connectivity index (χ0) is 13.4. The lowest BCUT2D eigenvalue weighted by molar-refractivity contribution is -0.116. The van der Waals surface area contributed by atoms with E-state index in [2.05, 4.69) is 17.2 Å². The van der Waals surface area contributed by atoms with E-state index in [9.17, 15) is 9.90 Å². The van der Waals surface area contributed by atoms with E-state index in [1.807, 2.05) is 36.6 Å². The molecule has 0 spiro atoms. The maximum Gasteiger partial charge on any atom is 0.296 e. The van der Waals surface area contributed by atoms with Gasteiger partial charge in [0.05, 0.1) is 5.60 Å². The van der Waals surface area contributed by atoms with Crippen molar-refractivity contribution >= 4 is 17.7 Å². The van der Waals surface area contributed by atoms with Crippen molar-refractivity contribution in [1.82, 2.24) is 5.32 Å². The average molecular weight is 263 g/mol. The summed E-state index contributed by atoms with van der Waals surface area (Å²) in [6.45, 7) is 1.89. The Kier molecular flexibility index (Phi) is 5.76. The summed E-state index contributed by atoms with van der Waals surface area (Å²) in [4.78, 5) is 11.5. The van der Waals surface area contributed by atoms with Crippen LogP contribution >= 0.6 is 11.8 Å². The largest absolute Gasteiger partial charge is 0.387 e. The van der Waals surface area contributed by atoms with Crippen LogP contribution in [0.1, 0.15) is 12.5 Å². The second-order valence-electron chi connectivity index (χ2n) is 4.23. The summed E-state index contributed by atoms with van der Waals surface area (Å²) in [7, 11) is 0. The molecule has 1 aromatic carbocycles. The molecule has 0 aliphatic rings. The van der Waals surface area contributed by atoms with Gasteiger partial charge >= 0.3 is 0 Å². The average Bonchev–Trinajstić information content (AvgIpc) is 2.35. The molecule has 0 radical (unpaired) electrons. The second kappa shape index (κ2) is 7.10. The van der Waals surface area contributed by atoms with Crippen LogP contribution in [0.25, 0.3) is 0 Å². The van der Waals surface area contributed by atoms with Gasteiger partial charge in [-0.15, -0.1) is 0 Å². The molecule has 1 atom stereocenters. The molecule has 2 N–H and O–H groups in total. The normalized spacial score (nSPS) is 13.1. The van der Waals surface area contributed by atoms with E-state index < -0.39 is 5.60 Å². The minimum absolute atomic E-state index is 0.205. The van der Waals surface area contributed by atoms with Crippen molar-refractivity contribution in [2.45, 2.75) is 12.5 Å².